The first-order valence-electron chi connectivity index (χ1n) is 6.68. The summed E-state index contributed by atoms with van der Waals surface area (Å²) in [5, 5.41) is 0.752. The Labute approximate surface area is 123 Å². The van der Waals surface area contributed by atoms with Crippen molar-refractivity contribution in [3.05, 3.63) is 83.1 Å². The van der Waals surface area contributed by atoms with Gasteiger partial charge in [-0.1, -0.05) is 41.9 Å². The van der Waals surface area contributed by atoms with E-state index in [1.54, 1.807) is 6.26 Å². The Morgan fingerprint density at radius 2 is 1.60 bits per heavy atom. The van der Waals surface area contributed by atoms with Crippen LogP contribution in [0.5, 0.6) is 0 Å². The van der Waals surface area contributed by atoms with E-state index in [0.29, 0.717) is 0 Å². The number of benzene rings is 2. The van der Waals surface area contributed by atoms with Crippen LogP contribution in [0.4, 0.5) is 0 Å². The summed E-state index contributed by atoms with van der Waals surface area (Å²) >= 11 is 6.21. The molecule has 0 bridgehead atoms. The van der Waals surface area contributed by atoms with Gasteiger partial charge in [-0.25, -0.2) is 0 Å². The maximum absolute atomic E-state index is 6.21. The number of rotatable bonds is 4. The van der Waals surface area contributed by atoms with Crippen molar-refractivity contribution < 1.29 is 4.42 Å². The van der Waals surface area contributed by atoms with Crippen LogP contribution in [0, 0.1) is 0 Å². The number of hydrogen-bond acceptors (Lipinski definition) is 1. The third kappa shape index (κ3) is 3.12. The van der Waals surface area contributed by atoms with Crippen molar-refractivity contribution in [3.8, 4) is 11.3 Å². The molecule has 3 aromatic rings. The molecule has 0 N–H and O–H groups in total. The molecule has 0 radical (unpaired) electrons. The van der Waals surface area contributed by atoms with E-state index in [1.807, 2.05) is 30.3 Å². The molecule has 2 heteroatoms. The molecule has 0 aliphatic carbocycles. The van der Waals surface area contributed by atoms with Crippen molar-refractivity contribution in [2.45, 2.75) is 12.8 Å². The summed E-state index contributed by atoms with van der Waals surface area (Å²) in [5.74, 6) is 0.855. The standard InChI is InChI=1S/C18H15ClO/c19-17-12-15(9-8-14-5-2-1-3-6-14)11-16(13-17)18-7-4-10-20-18/h1-7,10-13H,8-9H2. The molecule has 0 amide bonds. The lowest BCUT2D eigenvalue weighted by Crippen LogP contribution is -1.92. The quantitative estimate of drug-likeness (QED) is 0.626. The number of hydrogen-bond donors (Lipinski definition) is 0. The third-order valence-electron chi connectivity index (χ3n) is 3.31. The van der Waals surface area contributed by atoms with Crippen LogP contribution in [0.25, 0.3) is 11.3 Å². The summed E-state index contributed by atoms with van der Waals surface area (Å²) in [6.07, 6.45) is 3.66. The Kier molecular flexibility index (Phi) is 3.89. The Morgan fingerprint density at radius 1 is 0.800 bits per heavy atom. The van der Waals surface area contributed by atoms with E-state index in [-0.39, 0.29) is 0 Å². The van der Waals surface area contributed by atoms with Gasteiger partial charge in [0.2, 0.25) is 0 Å². The molecule has 100 valence electrons. The number of aryl methyl sites for hydroxylation is 2. The summed E-state index contributed by atoms with van der Waals surface area (Å²) < 4.78 is 5.43. The van der Waals surface area contributed by atoms with Crippen LogP contribution in [-0.2, 0) is 12.8 Å². The molecule has 0 spiro atoms. The van der Waals surface area contributed by atoms with Gasteiger partial charge in [-0.2, -0.15) is 0 Å². The molecule has 0 aliphatic rings. The fraction of sp³-hybridized carbons (Fsp3) is 0.111. The first-order valence-corrected chi connectivity index (χ1v) is 7.06. The van der Waals surface area contributed by atoms with Crippen LogP contribution in [0.3, 0.4) is 0 Å². The molecular weight excluding hydrogens is 268 g/mol. The van der Waals surface area contributed by atoms with E-state index >= 15 is 0 Å². The fourth-order valence-electron chi connectivity index (χ4n) is 2.31. The van der Waals surface area contributed by atoms with Gasteiger partial charge in [-0.15, -0.1) is 0 Å². The lowest BCUT2D eigenvalue weighted by Gasteiger charge is -2.06. The van der Waals surface area contributed by atoms with Crippen molar-refractivity contribution >= 4 is 11.6 Å². The van der Waals surface area contributed by atoms with Gasteiger partial charge in [0.1, 0.15) is 5.76 Å². The van der Waals surface area contributed by atoms with Gasteiger partial charge in [0.05, 0.1) is 6.26 Å². The first-order chi connectivity index (χ1) is 9.81. The molecule has 0 atom stereocenters. The maximum Gasteiger partial charge on any atom is 0.133 e. The van der Waals surface area contributed by atoms with Crippen LogP contribution in [-0.4, -0.2) is 0 Å². The summed E-state index contributed by atoms with van der Waals surface area (Å²) in [5.41, 5.74) is 3.60. The van der Waals surface area contributed by atoms with Gasteiger partial charge in [0.15, 0.2) is 0 Å². The Bertz CT molecular complexity index is 672. The summed E-state index contributed by atoms with van der Waals surface area (Å²) in [6, 6.07) is 20.4. The molecule has 1 aromatic heterocycles. The minimum atomic E-state index is 0.752. The Morgan fingerprint density at radius 3 is 2.35 bits per heavy atom. The van der Waals surface area contributed by atoms with E-state index < -0.39 is 0 Å². The molecule has 0 unspecified atom stereocenters. The average molecular weight is 283 g/mol. The topological polar surface area (TPSA) is 13.1 Å². The zero-order valence-corrected chi connectivity index (χ0v) is 11.8. The van der Waals surface area contributed by atoms with Gasteiger partial charge in [0, 0.05) is 10.6 Å². The molecule has 1 nitrogen and oxygen atoms in total. The predicted octanol–water partition coefficient (Wildman–Crippen LogP) is 5.39. The Balaban J connectivity index is 1.80. The van der Waals surface area contributed by atoms with Gasteiger partial charge >= 0.3 is 0 Å². The smallest absolute Gasteiger partial charge is 0.133 e. The normalized spacial score (nSPS) is 10.7. The molecular formula is C18H15ClO. The SMILES string of the molecule is Clc1cc(CCc2ccccc2)cc(-c2ccco2)c1. The fourth-order valence-corrected chi connectivity index (χ4v) is 2.57. The van der Waals surface area contributed by atoms with E-state index in [9.17, 15) is 0 Å². The van der Waals surface area contributed by atoms with Crippen LogP contribution in [0.15, 0.2) is 71.3 Å². The molecule has 0 saturated heterocycles. The highest BCUT2D eigenvalue weighted by Crippen LogP contribution is 2.25. The maximum atomic E-state index is 6.21. The summed E-state index contributed by atoms with van der Waals surface area (Å²) in [4.78, 5) is 0. The summed E-state index contributed by atoms with van der Waals surface area (Å²) in [6.45, 7) is 0. The number of furan rings is 1. The number of halogens is 1. The van der Waals surface area contributed by atoms with Crippen LogP contribution >= 0.6 is 11.6 Å². The Hall–Kier alpha value is -1.99. The molecule has 20 heavy (non-hydrogen) atoms. The van der Waals surface area contributed by atoms with Crippen molar-refractivity contribution in [3.63, 3.8) is 0 Å². The van der Waals surface area contributed by atoms with Crippen molar-refractivity contribution in [1.29, 1.82) is 0 Å². The van der Waals surface area contributed by atoms with Crippen LogP contribution in [0.2, 0.25) is 5.02 Å². The van der Waals surface area contributed by atoms with Crippen molar-refractivity contribution in [2.24, 2.45) is 0 Å². The lowest BCUT2D eigenvalue weighted by atomic mass is 10.0. The minimum absolute atomic E-state index is 0.752. The van der Waals surface area contributed by atoms with Crippen LogP contribution in [0.1, 0.15) is 11.1 Å². The van der Waals surface area contributed by atoms with Crippen LogP contribution < -0.4 is 0 Å². The molecule has 3 rings (SSSR count). The third-order valence-corrected chi connectivity index (χ3v) is 3.53. The second kappa shape index (κ2) is 5.98. The molecule has 0 aliphatic heterocycles. The highest BCUT2D eigenvalue weighted by Gasteiger charge is 2.05. The average Bonchev–Trinajstić information content (AvgIpc) is 3.00. The van der Waals surface area contributed by atoms with Crippen molar-refractivity contribution in [2.75, 3.05) is 0 Å². The largest absolute Gasteiger partial charge is 0.464 e. The second-order valence-corrected chi connectivity index (χ2v) is 5.25. The first kappa shape index (κ1) is 13.0. The van der Waals surface area contributed by atoms with E-state index in [0.717, 1.165) is 29.2 Å². The highest BCUT2D eigenvalue weighted by molar-refractivity contribution is 6.30. The second-order valence-electron chi connectivity index (χ2n) is 4.81. The highest BCUT2D eigenvalue weighted by atomic mass is 35.5. The van der Waals surface area contributed by atoms with Gasteiger partial charge in [-0.3, -0.25) is 0 Å². The zero-order chi connectivity index (χ0) is 13.8. The molecule has 0 fully saturated rings. The molecule has 0 saturated carbocycles. The molecule has 2 aromatic carbocycles. The lowest BCUT2D eigenvalue weighted by molar-refractivity contribution is 0.582. The monoisotopic (exact) mass is 282 g/mol. The zero-order valence-electron chi connectivity index (χ0n) is 11.1. The minimum Gasteiger partial charge on any atom is -0.464 e. The van der Waals surface area contributed by atoms with Gasteiger partial charge in [-0.05, 0) is 54.3 Å². The van der Waals surface area contributed by atoms with Crippen molar-refractivity contribution in [1.82, 2.24) is 0 Å². The predicted molar refractivity (Wildman–Crippen MR) is 83.0 cm³/mol. The van der Waals surface area contributed by atoms with E-state index in [4.69, 9.17) is 16.0 Å². The van der Waals surface area contributed by atoms with E-state index in [2.05, 4.69) is 30.3 Å². The van der Waals surface area contributed by atoms with Gasteiger partial charge < -0.3 is 4.42 Å². The van der Waals surface area contributed by atoms with E-state index in [1.165, 1.54) is 11.1 Å². The summed E-state index contributed by atoms with van der Waals surface area (Å²) in [7, 11) is 0. The van der Waals surface area contributed by atoms with Gasteiger partial charge in [0.25, 0.3) is 0 Å². The molecule has 1 heterocycles.